The number of ether oxygens (including phenoxy) is 1. The Morgan fingerprint density at radius 1 is 1.22 bits per heavy atom. The van der Waals surface area contributed by atoms with Crippen molar-refractivity contribution >= 4 is 0 Å². The van der Waals surface area contributed by atoms with E-state index < -0.39 is 0 Å². The second kappa shape index (κ2) is 9.80. The predicted molar refractivity (Wildman–Crippen MR) is 78.9 cm³/mol. The van der Waals surface area contributed by atoms with Crippen LogP contribution in [0, 0.1) is 11.8 Å². The van der Waals surface area contributed by atoms with E-state index in [4.69, 9.17) is 4.74 Å². The second-order valence-electron chi connectivity index (χ2n) is 6.22. The van der Waals surface area contributed by atoms with E-state index in [0.29, 0.717) is 6.10 Å². The molecule has 2 heteroatoms. The Kier molecular flexibility index (Phi) is 8.70. The molecule has 0 aromatic rings. The molecular formula is C16H33NO. The minimum atomic E-state index is 0.543. The van der Waals surface area contributed by atoms with Gasteiger partial charge in [-0.15, -0.1) is 0 Å². The van der Waals surface area contributed by atoms with E-state index >= 15 is 0 Å². The van der Waals surface area contributed by atoms with E-state index in [2.05, 4.69) is 26.1 Å². The zero-order valence-electron chi connectivity index (χ0n) is 12.7. The minimum absolute atomic E-state index is 0.543. The molecule has 1 rings (SSSR count). The van der Waals surface area contributed by atoms with Gasteiger partial charge in [-0.25, -0.2) is 0 Å². The van der Waals surface area contributed by atoms with Gasteiger partial charge in [0, 0.05) is 6.54 Å². The molecular weight excluding hydrogens is 222 g/mol. The molecule has 108 valence electrons. The van der Waals surface area contributed by atoms with Crippen molar-refractivity contribution in [1.82, 2.24) is 5.32 Å². The zero-order valence-corrected chi connectivity index (χ0v) is 12.7. The third-order valence-corrected chi connectivity index (χ3v) is 4.08. The van der Waals surface area contributed by atoms with Crippen LogP contribution in [0.3, 0.4) is 0 Å². The van der Waals surface area contributed by atoms with Crippen molar-refractivity contribution < 1.29 is 4.74 Å². The van der Waals surface area contributed by atoms with Crippen LogP contribution in [0.25, 0.3) is 0 Å². The molecule has 0 spiro atoms. The lowest BCUT2D eigenvalue weighted by Crippen LogP contribution is -2.27. The van der Waals surface area contributed by atoms with Gasteiger partial charge in [-0.3, -0.25) is 0 Å². The largest absolute Gasteiger partial charge is 0.377 e. The fourth-order valence-electron chi connectivity index (χ4n) is 2.82. The molecule has 1 fully saturated rings. The summed E-state index contributed by atoms with van der Waals surface area (Å²) in [7, 11) is 0. The average molecular weight is 255 g/mol. The Bertz CT molecular complexity index is 194. The highest BCUT2D eigenvalue weighted by molar-refractivity contribution is 4.72. The van der Waals surface area contributed by atoms with Crippen molar-refractivity contribution in [2.75, 3.05) is 19.7 Å². The smallest absolute Gasteiger partial charge is 0.0594 e. The molecule has 1 saturated carbocycles. The van der Waals surface area contributed by atoms with E-state index in [-0.39, 0.29) is 0 Å². The molecule has 1 aliphatic rings. The van der Waals surface area contributed by atoms with Gasteiger partial charge < -0.3 is 10.1 Å². The average Bonchev–Trinajstić information content (AvgIpc) is 2.37. The lowest BCUT2D eigenvalue weighted by Gasteiger charge is -2.28. The minimum Gasteiger partial charge on any atom is -0.377 e. The fraction of sp³-hybridized carbons (Fsp3) is 1.00. The predicted octanol–water partition coefficient (Wildman–Crippen LogP) is 4.00. The van der Waals surface area contributed by atoms with E-state index in [1.165, 1.54) is 44.9 Å². The summed E-state index contributed by atoms with van der Waals surface area (Å²) >= 11 is 0. The van der Waals surface area contributed by atoms with Crippen molar-refractivity contribution in [2.24, 2.45) is 11.8 Å². The Morgan fingerprint density at radius 2 is 2.06 bits per heavy atom. The molecule has 0 radical (unpaired) electrons. The maximum absolute atomic E-state index is 5.98. The molecule has 2 unspecified atom stereocenters. The summed E-state index contributed by atoms with van der Waals surface area (Å²) in [5.41, 5.74) is 0. The highest BCUT2D eigenvalue weighted by Crippen LogP contribution is 2.28. The van der Waals surface area contributed by atoms with E-state index in [9.17, 15) is 0 Å². The Labute approximate surface area is 114 Å². The van der Waals surface area contributed by atoms with Gasteiger partial charge in [-0.2, -0.15) is 0 Å². The monoisotopic (exact) mass is 255 g/mol. The molecule has 0 amide bonds. The van der Waals surface area contributed by atoms with Crippen molar-refractivity contribution in [3.8, 4) is 0 Å². The molecule has 18 heavy (non-hydrogen) atoms. The molecule has 0 aromatic heterocycles. The van der Waals surface area contributed by atoms with Gasteiger partial charge in [-0.1, -0.05) is 40.0 Å². The maximum atomic E-state index is 5.98. The van der Waals surface area contributed by atoms with Crippen LogP contribution in [0.1, 0.15) is 65.7 Å². The van der Waals surface area contributed by atoms with Crippen LogP contribution < -0.4 is 5.32 Å². The second-order valence-corrected chi connectivity index (χ2v) is 6.22. The molecule has 0 bridgehead atoms. The summed E-state index contributed by atoms with van der Waals surface area (Å²) < 4.78 is 5.98. The molecule has 0 heterocycles. The lowest BCUT2D eigenvalue weighted by molar-refractivity contribution is 0.0143. The Hall–Kier alpha value is -0.0800. The van der Waals surface area contributed by atoms with Crippen molar-refractivity contribution in [3.63, 3.8) is 0 Å². The summed E-state index contributed by atoms with van der Waals surface area (Å²) in [6.45, 7) is 9.94. The summed E-state index contributed by atoms with van der Waals surface area (Å²) in [5, 5.41) is 3.48. The number of hydrogen-bond acceptors (Lipinski definition) is 2. The zero-order chi connectivity index (χ0) is 13.2. The van der Waals surface area contributed by atoms with Crippen molar-refractivity contribution in [3.05, 3.63) is 0 Å². The van der Waals surface area contributed by atoms with Gasteiger partial charge in [-0.05, 0) is 44.1 Å². The molecule has 0 aliphatic heterocycles. The third-order valence-electron chi connectivity index (χ3n) is 4.08. The first-order chi connectivity index (χ1) is 8.72. The van der Waals surface area contributed by atoms with E-state index in [1.807, 2.05) is 0 Å². The van der Waals surface area contributed by atoms with E-state index in [0.717, 1.165) is 31.5 Å². The number of hydrogen-bond donors (Lipinski definition) is 1. The maximum Gasteiger partial charge on any atom is 0.0594 e. The molecule has 1 N–H and O–H groups in total. The summed E-state index contributed by atoms with van der Waals surface area (Å²) in [4.78, 5) is 0. The van der Waals surface area contributed by atoms with Gasteiger partial charge in [0.15, 0.2) is 0 Å². The van der Waals surface area contributed by atoms with Crippen LogP contribution in [0.4, 0.5) is 0 Å². The quantitative estimate of drug-likeness (QED) is 0.629. The highest BCUT2D eigenvalue weighted by Gasteiger charge is 2.20. The van der Waals surface area contributed by atoms with E-state index in [1.54, 1.807) is 0 Å². The lowest BCUT2D eigenvalue weighted by atomic mass is 9.85. The van der Waals surface area contributed by atoms with Crippen molar-refractivity contribution in [1.29, 1.82) is 0 Å². The van der Waals surface area contributed by atoms with Gasteiger partial charge in [0.05, 0.1) is 12.7 Å². The molecule has 2 nitrogen and oxygen atoms in total. The molecule has 0 aromatic carbocycles. The van der Waals surface area contributed by atoms with Crippen molar-refractivity contribution in [2.45, 2.75) is 71.8 Å². The van der Waals surface area contributed by atoms with Gasteiger partial charge in [0.25, 0.3) is 0 Å². The summed E-state index contributed by atoms with van der Waals surface area (Å²) in [6, 6.07) is 0. The number of nitrogens with one attached hydrogen (secondary N) is 1. The molecule has 1 aliphatic carbocycles. The van der Waals surface area contributed by atoms with Crippen LogP contribution in [0.2, 0.25) is 0 Å². The topological polar surface area (TPSA) is 21.3 Å². The first-order valence-electron chi connectivity index (χ1n) is 8.04. The first-order valence-corrected chi connectivity index (χ1v) is 8.04. The normalized spacial score (nSPS) is 24.7. The van der Waals surface area contributed by atoms with Crippen LogP contribution >= 0.6 is 0 Å². The van der Waals surface area contributed by atoms with Crippen LogP contribution in [-0.2, 0) is 4.74 Å². The van der Waals surface area contributed by atoms with Gasteiger partial charge in [0.2, 0.25) is 0 Å². The third kappa shape index (κ3) is 7.38. The van der Waals surface area contributed by atoms with Crippen LogP contribution in [0.15, 0.2) is 0 Å². The SMILES string of the molecule is CCC1CCCC(OCCNCCCC(C)C)C1. The molecule has 0 saturated heterocycles. The Morgan fingerprint density at radius 3 is 2.78 bits per heavy atom. The first kappa shape index (κ1) is 16.0. The standard InChI is InChI=1S/C16H33NO/c1-4-15-8-5-9-16(13-15)18-12-11-17-10-6-7-14(2)3/h14-17H,4-13H2,1-3H3. The summed E-state index contributed by atoms with van der Waals surface area (Å²) in [6.07, 6.45) is 9.85. The number of rotatable bonds is 9. The van der Waals surface area contributed by atoms with Gasteiger partial charge in [0.1, 0.15) is 0 Å². The van der Waals surface area contributed by atoms with Crippen LogP contribution in [-0.4, -0.2) is 25.8 Å². The summed E-state index contributed by atoms with van der Waals surface area (Å²) in [5.74, 6) is 1.75. The fourth-order valence-corrected chi connectivity index (χ4v) is 2.82. The van der Waals surface area contributed by atoms with Gasteiger partial charge >= 0.3 is 0 Å². The van der Waals surface area contributed by atoms with Crippen LogP contribution in [0.5, 0.6) is 0 Å². The molecule has 2 atom stereocenters. The highest BCUT2D eigenvalue weighted by atomic mass is 16.5. The Balaban J connectivity index is 1.91.